The molecule has 0 saturated carbocycles. The topological polar surface area (TPSA) is 17.8 Å². The van der Waals surface area contributed by atoms with Crippen molar-refractivity contribution in [3.8, 4) is 0 Å². The summed E-state index contributed by atoms with van der Waals surface area (Å²) >= 11 is 0. The fourth-order valence-electron chi connectivity index (χ4n) is 1.55. The molecular weight excluding hydrogens is 220 g/mol. The monoisotopic (exact) mass is 250 g/mol. The second kappa shape index (κ2) is 10.8. The summed E-state index contributed by atoms with van der Waals surface area (Å²) in [5.41, 5.74) is 3.60. The Balaban J connectivity index is 0. The lowest BCUT2D eigenvalue weighted by molar-refractivity contribution is 0.783. The van der Waals surface area contributed by atoms with Crippen LogP contribution in [0.5, 0.6) is 0 Å². The first-order valence-electron chi connectivity index (χ1n) is 7.08. The molecule has 1 aromatic heterocycles. The third kappa shape index (κ3) is 4.91. The summed E-state index contributed by atoms with van der Waals surface area (Å²) in [5.74, 6) is 0. The molecule has 2 aromatic rings. The van der Waals surface area contributed by atoms with Gasteiger partial charge in [0.1, 0.15) is 0 Å². The van der Waals surface area contributed by atoms with Crippen LogP contribution in [0, 0.1) is 13.8 Å². The molecule has 2 nitrogen and oxygen atoms in total. The highest BCUT2D eigenvalue weighted by Gasteiger charge is 2.02. The third-order valence-corrected chi connectivity index (χ3v) is 2.19. The van der Waals surface area contributed by atoms with Gasteiger partial charge in [0.2, 0.25) is 0 Å². The van der Waals surface area contributed by atoms with E-state index in [9.17, 15) is 0 Å². The molecule has 2 heteroatoms. The van der Waals surface area contributed by atoms with Crippen LogP contribution in [0.2, 0.25) is 0 Å². The summed E-state index contributed by atoms with van der Waals surface area (Å²) < 4.78 is 1.92. The minimum absolute atomic E-state index is 1.11. The molecule has 0 spiro atoms. The molecule has 0 fully saturated rings. The number of fused-ring (bicyclic) bond motifs is 1. The molecule has 0 bridgehead atoms. The summed E-state index contributed by atoms with van der Waals surface area (Å²) in [5, 5.41) is 5.61. The number of hydrogen-bond donors (Lipinski definition) is 0. The number of hydrogen-bond acceptors (Lipinski definition) is 1. The van der Waals surface area contributed by atoms with E-state index in [1.807, 2.05) is 60.2 Å². The second-order valence-corrected chi connectivity index (χ2v) is 3.23. The van der Waals surface area contributed by atoms with Crippen molar-refractivity contribution < 1.29 is 0 Å². The Morgan fingerprint density at radius 3 is 1.89 bits per heavy atom. The van der Waals surface area contributed by atoms with E-state index in [2.05, 4.69) is 30.2 Å². The lowest BCUT2D eigenvalue weighted by atomic mass is 10.1. The van der Waals surface area contributed by atoms with Crippen molar-refractivity contribution in [3.05, 3.63) is 29.5 Å². The van der Waals surface area contributed by atoms with Crippen molar-refractivity contribution in [1.29, 1.82) is 0 Å². The molecule has 2 rings (SSSR count). The molecule has 0 unspecified atom stereocenters. The Hall–Kier alpha value is -1.31. The van der Waals surface area contributed by atoms with Crippen LogP contribution in [-0.2, 0) is 7.05 Å². The van der Waals surface area contributed by atoms with E-state index in [4.69, 9.17) is 0 Å². The van der Waals surface area contributed by atoms with Gasteiger partial charge in [-0.25, -0.2) is 0 Å². The van der Waals surface area contributed by atoms with Gasteiger partial charge >= 0.3 is 0 Å². The van der Waals surface area contributed by atoms with Gasteiger partial charge in [-0.3, -0.25) is 4.68 Å². The number of benzene rings is 1. The zero-order valence-corrected chi connectivity index (χ0v) is 13.6. The first-order chi connectivity index (χ1) is 8.68. The lowest BCUT2D eigenvalue weighted by Crippen LogP contribution is -1.88. The summed E-state index contributed by atoms with van der Waals surface area (Å²) in [6.07, 6.45) is 0. The van der Waals surface area contributed by atoms with Gasteiger partial charge in [0.15, 0.2) is 0 Å². The van der Waals surface area contributed by atoms with E-state index in [1.165, 1.54) is 16.5 Å². The minimum atomic E-state index is 1.11. The Morgan fingerprint density at radius 1 is 0.889 bits per heavy atom. The maximum absolute atomic E-state index is 4.35. The van der Waals surface area contributed by atoms with E-state index in [0.29, 0.717) is 0 Å². The van der Waals surface area contributed by atoms with Gasteiger partial charge in [-0.2, -0.15) is 5.10 Å². The van der Waals surface area contributed by atoms with E-state index in [-0.39, 0.29) is 0 Å². The number of aryl methyl sites for hydroxylation is 3. The first-order valence-corrected chi connectivity index (χ1v) is 7.08. The Bertz CT molecular complexity index is 428. The SMILES string of the molecule is CC.CC.CC.Cc1ccc2c(c1)c(C)nn2C. The largest absolute Gasteiger partial charge is 0.268 e. The van der Waals surface area contributed by atoms with E-state index >= 15 is 0 Å². The van der Waals surface area contributed by atoms with Gasteiger partial charge in [-0.15, -0.1) is 0 Å². The van der Waals surface area contributed by atoms with E-state index < -0.39 is 0 Å². The molecule has 0 atom stereocenters. The molecule has 1 heterocycles. The molecular formula is C16H30N2. The normalized spacial score (nSPS) is 8.28. The molecule has 1 aromatic carbocycles. The minimum Gasteiger partial charge on any atom is -0.268 e. The van der Waals surface area contributed by atoms with Crippen LogP contribution in [0.25, 0.3) is 10.9 Å². The Morgan fingerprint density at radius 2 is 1.39 bits per heavy atom. The van der Waals surface area contributed by atoms with Crippen molar-refractivity contribution in [3.63, 3.8) is 0 Å². The average Bonchev–Trinajstić information content (AvgIpc) is 2.71. The van der Waals surface area contributed by atoms with Crippen LogP contribution >= 0.6 is 0 Å². The molecule has 0 amide bonds. The smallest absolute Gasteiger partial charge is 0.0682 e. The Labute approximate surface area is 113 Å². The van der Waals surface area contributed by atoms with Crippen LogP contribution in [0.1, 0.15) is 52.8 Å². The fourth-order valence-corrected chi connectivity index (χ4v) is 1.55. The maximum Gasteiger partial charge on any atom is 0.0682 e. The van der Waals surface area contributed by atoms with Gasteiger partial charge in [0.05, 0.1) is 11.2 Å². The quantitative estimate of drug-likeness (QED) is 0.623. The van der Waals surface area contributed by atoms with Gasteiger partial charge in [0.25, 0.3) is 0 Å². The Kier molecular flexibility index (Phi) is 11.4. The highest BCUT2D eigenvalue weighted by molar-refractivity contribution is 5.82. The van der Waals surface area contributed by atoms with Crippen molar-refractivity contribution in [1.82, 2.24) is 9.78 Å². The first kappa shape index (κ1) is 19.0. The summed E-state index contributed by atoms with van der Waals surface area (Å²) in [4.78, 5) is 0. The van der Waals surface area contributed by atoms with Crippen molar-refractivity contribution in [2.45, 2.75) is 55.4 Å². The number of nitrogens with zero attached hydrogens (tertiary/aromatic N) is 2. The summed E-state index contributed by atoms with van der Waals surface area (Å²) in [6, 6.07) is 6.41. The molecule has 0 aliphatic heterocycles. The highest BCUT2D eigenvalue weighted by Crippen LogP contribution is 2.18. The average molecular weight is 250 g/mol. The molecule has 0 radical (unpaired) electrons. The predicted octanol–water partition coefficient (Wildman–Crippen LogP) is 5.27. The van der Waals surface area contributed by atoms with Crippen LogP contribution < -0.4 is 0 Å². The van der Waals surface area contributed by atoms with Gasteiger partial charge in [-0.05, 0) is 26.0 Å². The number of aromatic nitrogens is 2. The van der Waals surface area contributed by atoms with Crippen LogP contribution in [-0.4, -0.2) is 9.78 Å². The van der Waals surface area contributed by atoms with Crippen molar-refractivity contribution in [2.75, 3.05) is 0 Å². The van der Waals surface area contributed by atoms with Gasteiger partial charge in [0, 0.05) is 12.4 Å². The standard InChI is InChI=1S/C10H12N2.3C2H6/c1-7-4-5-10-9(6-7)8(2)11-12(10)3;3*1-2/h4-6H,1-3H3;3*1-2H3. The van der Waals surface area contributed by atoms with Crippen molar-refractivity contribution in [2.24, 2.45) is 7.05 Å². The molecule has 18 heavy (non-hydrogen) atoms. The molecule has 0 saturated heterocycles. The van der Waals surface area contributed by atoms with Crippen molar-refractivity contribution >= 4 is 10.9 Å². The zero-order valence-electron chi connectivity index (χ0n) is 13.6. The maximum atomic E-state index is 4.35. The second-order valence-electron chi connectivity index (χ2n) is 3.23. The fraction of sp³-hybridized carbons (Fsp3) is 0.562. The van der Waals surface area contributed by atoms with Gasteiger partial charge in [-0.1, -0.05) is 53.2 Å². The highest BCUT2D eigenvalue weighted by atomic mass is 15.3. The third-order valence-electron chi connectivity index (χ3n) is 2.19. The van der Waals surface area contributed by atoms with Crippen LogP contribution in [0.4, 0.5) is 0 Å². The van der Waals surface area contributed by atoms with Gasteiger partial charge < -0.3 is 0 Å². The van der Waals surface area contributed by atoms with E-state index in [0.717, 1.165) is 5.69 Å². The molecule has 0 aliphatic rings. The molecule has 0 N–H and O–H groups in total. The predicted molar refractivity (Wildman–Crippen MR) is 84.2 cm³/mol. The molecule has 0 aliphatic carbocycles. The van der Waals surface area contributed by atoms with Crippen LogP contribution in [0.15, 0.2) is 18.2 Å². The molecule has 104 valence electrons. The summed E-state index contributed by atoms with van der Waals surface area (Å²) in [7, 11) is 1.98. The lowest BCUT2D eigenvalue weighted by Gasteiger charge is -1.94. The zero-order chi connectivity index (χ0) is 14.7. The summed E-state index contributed by atoms with van der Waals surface area (Å²) in [6.45, 7) is 16.1. The number of rotatable bonds is 0. The van der Waals surface area contributed by atoms with Crippen LogP contribution in [0.3, 0.4) is 0 Å². The van der Waals surface area contributed by atoms with E-state index in [1.54, 1.807) is 0 Å².